The first-order chi connectivity index (χ1) is 14.2. The highest BCUT2D eigenvalue weighted by Crippen LogP contribution is 2.35. The molecule has 6 heteroatoms. The molecule has 4 rings (SSSR count). The molecular weight excluding hydrogens is 386 g/mol. The van der Waals surface area contributed by atoms with Crippen molar-refractivity contribution in [1.29, 1.82) is 0 Å². The number of hydrogen-bond acceptors (Lipinski definition) is 6. The predicted molar refractivity (Wildman–Crippen MR) is 111 cm³/mol. The van der Waals surface area contributed by atoms with Crippen LogP contribution < -0.4 is 9.84 Å². The van der Waals surface area contributed by atoms with E-state index in [1.54, 1.807) is 18.2 Å². The van der Waals surface area contributed by atoms with E-state index in [9.17, 15) is 9.90 Å². The average Bonchev–Trinajstić information content (AvgIpc) is 3.15. The van der Waals surface area contributed by atoms with Gasteiger partial charge in [-0.1, -0.05) is 48.4 Å². The molecule has 142 valence electrons. The second-order valence-corrected chi connectivity index (χ2v) is 7.03. The third-order valence-corrected chi connectivity index (χ3v) is 5.04. The highest BCUT2D eigenvalue weighted by molar-refractivity contribution is 8.03. The van der Waals surface area contributed by atoms with Crippen molar-refractivity contribution in [1.82, 2.24) is 4.98 Å². The van der Waals surface area contributed by atoms with Crippen molar-refractivity contribution in [2.75, 3.05) is 6.61 Å². The van der Waals surface area contributed by atoms with Gasteiger partial charge in [-0.3, -0.25) is 0 Å². The van der Waals surface area contributed by atoms with Crippen molar-refractivity contribution in [2.24, 2.45) is 0 Å². The van der Waals surface area contributed by atoms with Crippen molar-refractivity contribution in [3.63, 3.8) is 0 Å². The molecule has 0 fully saturated rings. The number of hydrogen-bond donors (Lipinski definition) is 0. The number of terminal acetylenes is 1. The van der Waals surface area contributed by atoms with Crippen LogP contribution in [0.25, 0.3) is 27.9 Å². The smallest absolute Gasteiger partial charge is 0.261 e. The molecule has 0 aliphatic carbocycles. The summed E-state index contributed by atoms with van der Waals surface area (Å²) in [5.74, 6) is 1.57. The van der Waals surface area contributed by atoms with E-state index in [1.807, 2.05) is 42.5 Å². The number of nitrogens with zero attached hydrogens (tertiary/aromatic N) is 1. The summed E-state index contributed by atoms with van der Waals surface area (Å²) in [5, 5.41) is 13.8. The Morgan fingerprint density at radius 2 is 1.97 bits per heavy atom. The van der Waals surface area contributed by atoms with Gasteiger partial charge in [0, 0.05) is 10.5 Å². The molecule has 0 aliphatic heterocycles. The van der Waals surface area contributed by atoms with E-state index in [0.717, 1.165) is 22.5 Å². The number of ether oxygens (including phenoxy) is 1. The van der Waals surface area contributed by atoms with Crippen molar-refractivity contribution >= 4 is 45.7 Å². The van der Waals surface area contributed by atoms with E-state index >= 15 is 0 Å². The predicted octanol–water partition coefficient (Wildman–Crippen LogP) is 3.88. The summed E-state index contributed by atoms with van der Waals surface area (Å²) in [6, 6.07) is 18.5. The molecule has 1 aromatic heterocycles. The Morgan fingerprint density at radius 3 is 2.76 bits per heavy atom. The number of para-hydroxylation sites is 2. The molecule has 3 aromatic carbocycles. The Kier molecular flexibility index (Phi) is 5.23. The fourth-order valence-electron chi connectivity index (χ4n) is 2.92. The first-order valence-electron chi connectivity index (χ1n) is 8.70. The van der Waals surface area contributed by atoms with Crippen LogP contribution in [-0.2, 0) is 4.79 Å². The molecule has 4 aromatic rings. The van der Waals surface area contributed by atoms with E-state index in [4.69, 9.17) is 15.6 Å². The molecule has 0 radical (unpaired) electrons. The lowest BCUT2D eigenvalue weighted by molar-refractivity contribution is -0.298. The maximum atomic E-state index is 11.8. The van der Waals surface area contributed by atoms with Gasteiger partial charge < -0.3 is 19.1 Å². The Balaban J connectivity index is 1.80. The summed E-state index contributed by atoms with van der Waals surface area (Å²) >= 11 is 0.884. The number of oxazole rings is 1. The van der Waals surface area contributed by atoms with E-state index in [-0.39, 0.29) is 16.7 Å². The monoisotopic (exact) mass is 400 g/mol. The quantitative estimate of drug-likeness (QED) is 0.278. The van der Waals surface area contributed by atoms with Gasteiger partial charge in [-0.05, 0) is 46.8 Å². The Morgan fingerprint density at radius 1 is 1.17 bits per heavy atom. The SMILES string of the molecule is C#CCOc1ccc2ccccc2c1/C=C(\Sc1nc2ccccc2o1)C(=O)[O-]. The summed E-state index contributed by atoms with van der Waals surface area (Å²) in [7, 11) is 0. The second kappa shape index (κ2) is 8.13. The second-order valence-electron chi connectivity index (χ2n) is 6.04. The molecule has 0 unspecified atom stereocenters. The lowest BCUT2D eigenvalue weighted by atomic mass is 10.0. The first-order valence-corrected chi connectivity index (χ1v) is 9.52. The highest BCUT2D eigenvalue weighted by Gasteiger charge is 2.13. The Bertz CT molecular complexity index is 1250. The highest BCUT2D eigenvalue weighted by atomic mass is 32.2. The van der Waals surface area contributed by atoms with Gasteiger partial charge in [-0.25, -0.2) is 4.98 Å². The normalized spacial score (nSPS) is 11.5. The van der Waals surface area contributed by atoms with Crippen molar-refractivity contribution < 1.29 is 19.1 Å². The van der Waals surface area contributed by atoms with Crippen molar-refractivity contribution in [2.45, 2.75) is 5.22 Å². The molecule has 0 spiro atoms. The molecular formula is C23H14NO4S-. The zero-order chi connectivity index (χ0) is 20.2. The average molecular weight is 400 g/mol. The van der Waals surface area contributed by atoms with Gasteiger partial charge in [0.15, 0.2) is 5.58 Å². The van der Waals surface area contributed by atoms with Crippen LogP contribution in [0, 0.1) is 12.3 Å². The van der Waals surface area contributed by atoms with E-state index in [0.29, 0.717) is 22.4 Å². The molecule has 0 bridgehead atoms. The molecule has 1 heterocycles. The van der Waals surface area contributed by atoms with Gasteiger partial charge >= 0.3 is 0 Å². The van der Waals surface area contributed by atoms with Crippen LogP contribution in [0.4, 0.5) is 0 Å². The molecule has 0 aliphatic rings. The zero-order valence-electron chi connectivity index (χ0n) is 15.1. The van der Waals surface area contributed by atoms with E-state index in [1.165, 1.54) is 6.08 Å². The molecule has 29 heavy (non-hydrogen) atoms. The number of carboxylic acid groups (broad SMARTS) is 1. The fourth-order valence-corrected chi connectivity index (χ4v) is 3.64. The number of fused-ring (bicyclic) bond motifs is 2. The van der Waals surface area contributed by atoms with E-state index in [2.05, 4.69) is 10.9 Å². The maximum Gasteiger partial charge on any atom is 0.261 e. The van der Waals surface area contributed by atoms with Gasteiger partial charge in [0.1, 0.15) is 17.9 Å². The standard InChI is InChI=1S/C23H15NO4S/c1-2-13-27-19-12-11-15-7-3-4-8-16(15)17(19)14-21(22(25)26)29-23-24-18-9-5-6-10-20(18)28-23/h1,3-12,14H,13H2,(H,25,26)/p-1/b21-14-. The lowest BCUT2D eigenvalue weighted by Crippen LogP contribution is -2.23. The number of aliphatic carboxylic acids is 1. The molecule has 0 saturated carbocycles. The van der Waals surface area contributed by atoms with Gasteiger partial charge in [0.05, 0.1) is 5.97 Å². The van der Waals surface area contributed by atoms with Crippen LogP contribution in [0.15, 0.2) is 75.2 Å². The fraction of sp³-hybridized carbons (Fsp3) is 0.0435. The largest absolute Gasteiger partial charge is 0.544 e. The van der Waals surface area contributed by atoms with Gasteiger partial charge in [-0.15, -0.1) is 6.42 Å². The van der Waals surface area contributed by atoms with Crippen LogP contribution in [0.3, 0.4) is 0 Å². The lowest BCUT2D eigenvalue weighted by Gasteiger charge is -2.12. The number of benzene rings is 3. The minimum Gasteiger partial charge on any atom is -0.544 e. The van der Waals surface area contributed by atoms with Crippen LogP contribution >= 0.6 is 11.8 Å². The van der Waals surface area contributed by atoms with Crippen LogP contribution in [0.5, 0.6) is 5.75 Å². The number of carbonyl (C=O) groups excluding carboxylic acids is 1. The van der Waals surface area contributed by atoms with Crippen LogP contribution in [-0.4, -0.2) is 17.6 Å². The number of aromatic nitrogens is 1. The van der Waals surface area contributed by atoms with Gasteiger partial charge in [0.25, 0.3) is 5.22 Å². The van der Waals surface area contributed by atoms with Gasteiger partial charge in [-0.2, -0.15) is 0 Å². The number of rotatable bonds is 6. The summed E-state index contributed by atoms with van der Waals surface area (Å²) < 4.78 is 11.3. The van der Waals surface area contributed by atoms with Crippen molar-refractivity contribution in [3.8, 4) is 18.1 Å². The summed E-state index contributed by atoms with van der Waals surface area (Å²) in [6.45, 7) is 0.0676. The third-order valence-electron chi connectivity index (χ3n) is 4.19. The maximum absolute atomic E-state index is 11.8. The minimum atomic E-state index is -1.34. The first kappa shape index (κ1) is 18.7. The zero-order valence-corrected chi connectivity index (χ0v) is 15.9. The molecule has 0 N–H and O–H groups in total. The van der Waals surface area contributed by atoms with Crippen molar-refractivity contribution in [3.05, 3.63) is 71.1 Å². The number of carboxylic acids is 1. The molecule has 0 saturated heterocycles. The van der Waals surface area contributed by atoms with Crippen LogP contribution in [0.1, 0.15) is 5.56 Å². The Labute approximate surface area is 171 Å². The molecule has 5 nitrogen and oxygen atoms in total. The topological polar surface area (TPSA) is 75.4 Å². The summed E-state index contributed by atoms with van der Waals surface area (Å²) in [6.07, 6.45) is 6.81. The van der Waals surface area contributed by atoms with Gasteiger partial charge in [0.2, 0.25) is 0 Å². The number of thioether (sulfide) groups is 1. The Hall–Kier alpha value is -3.69. The third kappa shape index (κ3) is 3.96. The molecule has 0 amide bonds. The van der Waals surface area contributed by atoms with E-state index < -0.39 is 5.97 Å². The number of carbonyl (C=O) groups is 1. The minimum absolute atomic E-state index is 0.0570. The summed E-state index contributed by atoms with van der Waals surface area (Å²) in [4.78, 5) is 16.1. The van der Waals surface area contributed by atoms with Crippen LogP contribution in [0.2, 0.25) is 0 Å². The molecule has 0 atom stereocenters. The summed E-state index contributed by atoms with van der Waals surface area (Å²) in [5.41, 5.74) is 1.83.